The normalized spacial score (nSPS) is 10.5. The SMILES string of the molecule is CCc1cc2c(OC(C)=O)cccc2s1. The number of fused-ring (bicyclic) bond motifs is 1. The standard InChI is InChI=1S/C12H12O2S/c1-3-9-7-10-11(14-8(2)13)5-4-6-12(10)15-9/h4-7H,3H2,1-2H3. The average Bonchev–Trinajstić information content (AvgIpc) is 2.61. The van der Waals surface area contributed by atoms with Crippen LogP contribution in [0.25, 0.3) is 10.1 Å². The van der Waals surface area contributed by atoms with Crippen molar-refractivity contribution in [3.63, 3.8) is 0 Å². The lowest BCUT2D eigenvalue weighted by molar-refractivity contribution is -0.131. The molecule has 0 radical (unpaired) electrons. The first-order valence-corrected chi connectivity index (χ1v) is 5.72. The molecule has 0 saturated heterocycles. The van der Waals surface area contributed by atoms with E-state index in [1.807, 2.05) is 18.2 Å². The summed E-state index contributed by atoms with van der Waals surface area (Å²) in [6.07, 6.45) is 1.01. The molecule has 1 aromatic carbocycles. The van der Waals surface area contributed by atoms with Crippen LogP contribution in [0.4, 0.5) is 0 Å². The monoisotopic (exact) mass is 220 g/mol. The number of hydrogen-bond acceptors (Lipinski definition) is 3. The first-order valence-electron chi connectivity index (χ1n) is 4.90. The highest BCUT2D eigenvalue weighted by Crippen LogP contribution is 2.32. The molecule has 15 heavy (non-hydrogen) atoms. The fourth-order valence-corrected chi connectivity index (χ4v) is 2.52. The molecule has 0 bridgehead atoms. The van der Waals surface area contributed by atoms with E-state index >= 15 is 0 Å². The van der Waals surface area contributed by atoms with Gasteiger partial charge in [0.1, 0.15) is 5.75 Å². The minimum absolute atomic E-state index is 0.272. The summed E-state index contributed by atoms with van der Waals surface area (Å²) in [4.78, 5) is 12.2. The molecule has 0 amide bonds. The summed E-state index contributed by atoms with van der Waals surface area (Å²) in [5.41, 5.74) is 0. The third-order valence-electron chi connectivity index (χ3n) is 2.17. The topological polar surface area (TPSA) is 26.3 Å². The molecule has 0 unspecified atom stereocenters. The van der Waals surface area contributed by atoms with E-state index < -0.39 is 0 Å². The second-order valence-electron chi connectivity index (χ2n) is 3.33. The van der Waals surface area contributed by atoms with Gasteiger partial charge in [-0.15, -0.1) is 11.3 Å². The first-order chi connectivity index (χ1) is 7.20. The van der Waals surface area contributed by atoms with E-state index in [9.17, 15) is 4.79 Å². The molecule has 1 heterocycles. The van der Waals surface area contributed by atoms with Gasteiger partial charge in [0.15, 0.2) is 0 Å². The predicted molar refractivity (Wildman–Crippen MR) is 62.5 cm³/mol. The zero-order valence-electron chi connectivity index (χ0n) is 8.74. The van der Waals surface area contributed by atoms with Crippen LogP contribution < -0.4 is 4.74 Å². The zero-order valence-corrected chi connectivity index (χ0v) is 9.56. The zero-order chi connectivity index (χ0) is 10.8. The third-order valence-corrected chi connectivity index (χ3v) is 3.42. The highest BCUT2D eigenvalue weighted by Gasteiger charge is 2.07. The van der Waals surface area contributed by atoms with Gasteiger partial charge in [-0.2, -0.15) is 0 Å². The highest BCUT2D eigenvalue weighted by atomic mass is 32.1. The number of rotatable bonds is 2. The Kier molecular flexibility index (Phi) is 2.73. The van der Waals surface area contributed by atoms with Crippen molar-refractivity contribution >= 4 is 27.4 Å². The first kappa shape index (κ1) is 10.2. The van der Waals surface area contributed by atoms with Gasteiger partial charge >= 0.3 is 5.97 Å². The number of carbonyl (C=O) groups is 1. The van der Waals surface area contributed by atoms with Crippen molar-refractivity contribution < 1.29 is 9.53 Å². The summed E-state index contributed by atoms with van der Waals surface area (Å²) in [5.74, 6) is 0.391. The fourth-order valence-electron chi connectivity index (χ4n) is 1.50. The Morgan fingerprint density at radius 1 is 1.47 bits per heavy atom. The molecule has 78 valence electrons. The molecule has 0 spiro atoms. The molecule has 0 fully saturated rings. The van der Waals surface area contributed by atoms with Crippen molar-refractivity contribution in [1.29, 1.82) is 0 Å². The number of thiophene rings is 1. The van der Waals surface area contributed by atoms with E-state index in [1.165, 1.54) is 16.5 Å². The number of aryl methyl sites for hydroxylation is 1. The number of carbonyl (C=O) groups excluding carboxylic acids is 1. The lowest BCUT2D eigenvalue weighted by atomic mass is 10.2. The Hall–Kier alpha value is -1.35. The van der Waals surface area contributed by atoms with Crippen molar-refractivity contribution in [3.8, 4) is 5.75 Å². The van der Waals surface area contributed by atoms with Gasteiger partial charge in [-0.05, 0) is 24.6 Å². The van der Waals surface area contributed by atoms with Gasteiger partial charge in [0.05, 0.1) is 0 Å². The Labute approximate surface area is 92.5 Å². The van der Waals surface area contributed by atoms with E-state index in [2.05, 4.69) is 13.0 Å². The van der Waals surface area contributed by atoms with Gasteiger partial charge < -0.3 is 4.74 Å². The van der Waals surface area contributed by atoms with E-state index in [4.69, 9.17) is 4.74 Å². The molecule has 0 aliphatic carbocycles. The van der Waals surface area contributed by atoms with Gasteiger partial charge in [0.25, 0.3) is 0 Å². The van der Waals surface area contributed by atoms with Crippen LogP contribution in [-0.2, 0) is 11.2 Å². The number of benzene rings is 1. The van der Waals surface area contributed by atoms with Crippen molar-refractivity contribution in [2.45, 2.75) is 20.3 Å². The number of hydrogen-bond donors (Lipinski definition) is 0. The van der Waals surface area contributed by atoms with Crippen LogP contribution in [-0.4, -0.2) is 5.97 Å². The molecule has 0 N–H and O–H groups in total. The molecule has 0 aliphatic rings. The maximum absolute atomic E-state index is 10.9. The number of esters is 1. The summed E-state index contributed by atoms with van der Waals surface area (Å²) >= 11 is 1.75. The second kappa shape index (κ2) is 4.03. The van der Waals surface area contributed by atoms with E-state index in [1.54, 1.807) is 11.3 Å². The molecule has 0 atom stereocenters. The van der Waals surface area contributed by atoms with Crippen LogP contribution in [0.5, 0.6) is 5.75 Å². The van der Waals surface area contributed by atoms with Gasteiger partial charge in [-0.1, -0.05) is 13.0 Å². The van der Waals surface area contributed by atoms with Crippen LogP contribution in [0.2, 0.25) is 0 Å². The molecule has 2 rings (SSSR count). The van der Waals surface area contributed by atoms with Crippen LogP contribution in [0.15, 0.2) is 24.3 Å². The van der Waals surface area contributed by atoms with Gasteiger partial charge in [0, 0.05) is 21.9 Å². The fraction of sp³-hybridized carbons (Fsp3) is 0.250. The van der Waals surface area contributed by atoms with E-state index in [0.717, 1.165) is 11.8 Å². The third kappa shape index (κ3) is 2.02. The quantitative estimate of drug-likeness (QED) is 0.573. The lowest BCUT2D eigenvalue weighted by Crippen LogP contribution is -2.01. The molecular formula is C12H12O2S. The van der Waals surface area contributed by atoms with Crippen LogP contribution in [0.1, 0.15) is 18.7 Å². The van der Waals surface area contributed by atoms with Crippen molar-refractivity contribution in [1.82, 2.24) is 0 Å². The highest BCUT2D eigenvalue weighted by molar-refractivity contribution is 7.19. The smallest absolute Gasteiger partial charge is 0.308 e. The van der Waals surface area contributed by atoms with Crippen molar-refractivity contribution in [3.05, 3.63) is 29.1 Å². The van der Waals surface area contributed by atoms with Crippen LogP contribution in [0.3, 0.4) is 0 Å². The minimum Gasteiger partial charge on any atom is -0.426 e. The molecule has 2 aromatic rings. The summed E-state index contributed by atoms with van der Waals surface area (Å²) in [6, 6.07) is 7.89. The Morgan fingerprint density at radius 2 is 2.27 bits per heavy atom. The minimum atomic E-state index is -0.272. The molecule has 0 saturated carbocycles. The lowest BCUT2D eigenvalue weighted by Gasteiger charge is -2.01. The second-order valence-corrected chi connectivity index (χ2v) is 4.50. The Balaban J connectivity index is 2.54. The maximum Gasteiger partial charge on any atom is 0.308 e. The molecule has 3 heteroatoms. The summed E-state index contributed by atoms with van der Waals surface area (Å²) in [5, 5.41) is 1.04. The Morgan fingerprint density at radius 3 is 2.93 bits per heavy atom. The van der Waals surface area contributed by atoms with Gasteiger partial charge in [0.2, 0.25) is 0 Å². The number of ether oxygens (including phenoxy) is 1. The predicted octanol–water partition coefficient (Wildman–Crippen LogP) is 3.39. The molecule has 1 aromatic heterocycles. The van der Waals surface area contributed by atoms with Gasteiger partial charge in [-0.3, -0.25) is 4.79 Å². The largest absolute Gasteiger partial charge is 0.426 e. The average molecular weight is 220 g/mol. The van der Waals surface area contributed by atoms with Crippen molar-refractivity contribution in [2.75, 3.05) is 0 Å². The summed E-state index contributed by atoms with van der Waals surface area (Å²) in [6.45, 7) is 3.54. The molecular weight excluding hydrogens is 208 g/mol. The van der Waals surface area contributed by atoms with Crippen LogP contribution in [0, 0.1) is 0 Å². The van der Waals surface area contributed by atoms with Crippen molar-refractivity contribution in [2.24, 2.45) is 0 Å². The summed E-state index contributed by atoms with van der Waals surface area (Å²) < 4.78 is 6.32. The van der Waals surface area contributed by atoms with Gasteiger partial charge in [-0.25, -0.2) is 0 Å². The van der Waals surface area contributed by atoms with E-state index in [0.29, 0.717) is 5.75 Å². The Bertz CT molecular complexity index is 499. The van der Waals surface area contributed by atoms with E-state index in [-0.39, 0.29) is 5.97 Å². The molecule has 0 aliphatic heterocycles. The molecule has 2 nitrogen and oxygen atoms in total. The van der Waals surface area contributed by atoms with Crippen LogP contribution >= 0.6 is 11.3 Å². The summed E-state index contributed by atoms with van der Waals surface area (Å²) in [7, 11) is 0. The maximum atomic E-state index is 10.9.